The lowest BCUT2D eigenvalue weighted by Gasteiger charge is -2.14. The minimum Gasteiger partial charge on any atom is -0.321 e. The second-order valence-corrected chi connectivity index (χ2v) is 4.29. The maximum atomic E-state index is 6.14. The van der Waals surface area contributed by atoms with E-state index in [1.807, 2.05) is 0 Å². The molecule has 1 aromatic heterocycles. The summed E-state index contributed by atoms with van der Waals surface area (Å²) in [5.41, 5.74) is 9.99. The van der Waals surface area contributed by atoms with E-state index < -0.39 is 0 Å². The van der Waals surface area contributed by atoms with Crippen molar-refractivity contribution in [3.63, 3.8) is 0 Å². The molecule has 1 aromatic carbocycles. The molecule has 1 atom stereocenters. The number of aryl methyl sites for hydroxylation is 2. The topological polar surface area (TPSA) is 51.8 Å². The van der Waals surface area contributed by atoms with Crippen LogP contribution in [0.15, 0.2) is 36.7 Å². The first-order valence-electron chi connectivity index (χ1n) is 5.76. The smallest absolute Gasteiger partial charge is 0.145 e. The van der Waals surface area contributed by atoms with E-state index >= 15 is 0 Å². The molecule has 0 bridgehead atoms. The Morgan fingerprint density at radius 3 is 2.24 bits per heavy atom. The summed E-state index contributed by atoms with van der Waals surface area (Å²) in [5, 5.41) is 0. The molecule has 17 heavy (non-hydrogen) atoms. The summed E-state index contributed by atoms with van der Waals surface area (Å²) in [7, 11) is 0. The molecule has 0 fully saturated rings. The Bertz CT molecular complexity index is 474. The van der Waals surface area contributed by atoms with Gasteiger partial charge >= 0.3 is 0 Å². The average Bonchev–Trinajstić information content (AvgIpc) is 2.35. The minimum absolute atomic E-state index is 0.143. The summed E-state index contributed by atoms with van der Waals surface area (Å²) >= 11 is 0. The minimum atomic E-state index is -0.143. The maximum Gasteiger partial charge on any atom is 0.145 e. The molecule has 0 aliphatic carbocycles. The Morgan fingerprint density at radius 1 is 1.06 bits per heavy atom. The van der Waals surface area contributed by atoms with Crippen LogP contribution in [0.1, 0.15) is 28.6 Å². The lowest BCUT2D eigenvalue weighted by atomic mass is 9.96. The molecule has 3 nitrogen and oxygen atoms in total. The molecular formula is C14H17N3. The second-order valence-electron chi connectivity index (χ2n) is 4.29. The molecule has 2 aromatic rings. The number of nitrogens with zero attached hydrogens (tertiary/aromatic N) is 2. The van der Waals surface area contributed by atoms with E-state index in [-0.39, 0.29) is 6.04 Å². The molecule has 0 saturated heterocycles. The Labute approximate surface area is 102 Å². The molecule has 1 heterocycles. The number of nitrogens with two attached hydrogens (primary N) is 1. The highest BCUT2D eigenvalue weighted by Gasteiger charge is 2.12. The van der Waals surface area contributed by atoms with Crippen LogP contribution in [0.2, 0.25) is 0 Å². The highest BCUT2D eigenvalue weighted by molar-refractivity contribution is 5.34. The van der Waals surface area contributed by atoms with Crippen molar-refractivity contribution in [3.05, 3.63) is 59.2 Å². The first-order chi connectivity index (χ1) is 8.18. The molecule has 2 N–H and O–H groups in total. The molecule has 0 aliphatic heterocycles. The number of aromatic nitrogens is 2. The van der Waals surface area contributed by atoms with Gasteiger partial charge in [-0.3, -0.25) is 0 Å². The fourth-order valence-corrected chi connectivity index (χ4v) is 1.98. The summed E-state index contributed by atoms with van der Waals surface area (Å²) < 4.78 is 0. The van der Waals surface area contributed by atoms with E-state index in [1.165, 1.54) is 16.7 Å². The SMILES string of the molecule is Cc1cccc(C)c1CC(N)c1ncccn1. The lowest BCUT2D eigenvalue weighted by molar-refractivity contribution is 0.662. The van der Waals surface area contributed by atoms with Crippen molar-refractivity contribution in [2.24, 2.45) is 5.73 Å². The molecule has 0 amide bonds. The normalized spacial score (nSPS) is 12.4. The van der Waals surface area contributed by atoms with Gasteiger partial charge in [-0.1, -0.05) is 18.2 Å². The summed E-state index contributed by atoms with van der Waals surface area (Å²) in [6, 6.07) is 7.95. The van der Waals surface area contributed by atoms with Crippen LogP contribution >= 0.6 is 0 Å². The predicted octanol–water partition coefficient (Wildman–Crippen LogP) is 2.34. The van der Waals surface area contributed by atoms with Crippen LogP contribution in [0, 0.1) is 13.8 Å². The molecule has 0 spiro atoms. The Balaban J connectivity index is 2.22. The van der Waals surface area contributed by atoms with Crippen molar-refractivity contribution in [1.82, 2.24) is 9.97 Å². The highest BCUT2D eigenvalue weighted by atomic mass is 14.9. The van der Waals surface area contributed by atoms with Gasteiger partial charge in [-0.25, -0.2) is 9.97 Å². The van der Waals surface area contributed by atoms with Crippen LogP contribution in [-0.4, -0.2) is 9.97 Å². The van der Waals surface area contributed by atoms with Gasteiger partial charge in [0, 0.05) is 12.4 Å². The van der Waals surface area contributed by atoms with Gasteiger partial charge in [-0.2, -0.15) is 0 Å². The van der Waals surface area contributed by atoms with Crippen molar-refractivity contribution in [3.8, 4) is 0 Å². The summed E-state index contributed by atoms with van der Waals surface area (Å²) in [6.45, 7) is 4.22. The van der Waals surface area contributed by atoms with Crippen molar-refractivity contribution >= 4 is 0 Å². The highest BCUT2D eigenvalue weighted by Crippen LogP contribution is 2.19. The molecule has 1 unspecified atom stereocenters. The summed E-state index contributed by atoms with van der Waals surface area (Å²) in [6.07, 6.45) is 4.24. The third kappa shape index (κ3) is 2.68. The van der Waals surface area contributed by atoms with Crippen LogP contribution < -0.4 is 5.73 Å². The first-order valence-corrected chi connectivity index (χ1v) is 5.76. The van der Waals surface area contributed by atoms with Gasteiger partial charge < -0.3 is 5.73 Å². The number of hydrogen-bond acceptors (Lipinski definition) is 3. The van der Waals surface area contributed by atoms with Crippen molar-refractivity contribution in [1.29, 1.82) is 0 Å². The number of hydrogen-bond donors (Lipinski definition) is 1. The van der Waals surface area contributed by atoms with Crippen LogP contribution in [0.25, 0.3) is 0 Å². The number of benzene rings is 1. The monoisotopic (exact) mass is 227 g/mol. The van der Waals surface area contributed by atoms with Crippen molar-refractivity contribution in [2.75, 3.05) is 0 Å². The molecular weight excluding hydrogens is 210 g/mol. The first kappa shape index (κ1) is 11.7. The fourth-order valence-electron chi connectivity index (χ4n) is 1.98. The van der Waals surface area contributed by atoms with E-state index in [1.54, 1.807) is 18.5 Å². The predicted molar refractivity (Wildman–Crippen MR) is 68.6 cm³/mol. The van der Waals surface area contributed by atoms with E-state index in [4.69, 9.17) is 5.73 Å². The molecule has 88 valence electrons. The standard InChI is InChI=1S/C14H17N3/c1-10-5-3-6-11(2)12(10)9-13(15)14-16-7-4-8-17-14/h3-8,13H,9,15H2,1-2H3. The van der Waals surface area contributed by atoms with Crippen LogP contribution in [0.3, 0.4) is 0 Å². The van der Waals surface area contributed by atoms with E-state index in [2.05, 4.69) is 42.0 Å². The van der Waals surface area contributed by atoms with Gasteiger partial charge in [-0.15, -0.1) is 0 Å². The third-order valence-corrected chi connectivity index (χ3v) is 2.99. The van der Waals surface area contributed by atoms with Gasteiger partial charge in [-0.05, 0) is 43.0 Å². The largest absolute Gasteiger partial charge is 0.321 e. The van der Waals surface area contributed by atoms with E-state index in [0.717, 1.165) is 6.42 Å². The molecule has 2 rings (SSSR count). The summed E-state index contributed by atoms with van der Waals surface area (Å²) in [5.74, 6) is 0.704. The quantitative estimate of drug-likeness (QED) is 0.875. The molecule has 3 heteroatoms. The Hall–Kier alpha value is -1.74. The second kappa shape index (κ2) is 5.06. The lowest BCUT2D eigenvalue weighted by Crippen LogP contribution is -2.17. The van der Waals surface area contributed by atoms with Gasteiger partial charge in [0.1, 0.15) is 5.82 Å². The average molecular weight is 227 g/mol. The van der Waals surface area contributed by atoms with Crippen LogP contribution in [0.4, 0.5) is 0 Å². The number of rotatable bonds is 3. The molecule has 0 saturated carbocycles. The summed E-state index contributed by atoms with van der Waals surface area (Å²) in [4.78, 5) is 8.40. The Morgan fingerprint density at radius 2 is 1.65 bits per heavy atom. The van der Waals surface area contributed by atoms with Crippen molar-refractivity contribution < 1.29 is 0 Å². The van der Waals surface area contributed by atoms with Gasteiger partial charge in [0.2, 0.25) is 0 Å². The zero-order valence-electron chi connectivity index (χ0n) is 10.2. The van der Waals surface area contributed by atoms with E-state index in [0.29, 0.717) is 5.82 Å². The Kier molecular flexibility index (Phi) is 3.49. The van der Waals surface area contributed by atoms with Crippen LogP contribution in [0.5, 0.6) is 0 Å². The van der Waals surface area contributed by atoms with Gasteiger partial charge in [0.25, 0.3) is 0 Å². The molecule has 0 radical (unpaired) electrons. The van der Waals surface area contributed by atoms with Gasteiger partial charge in [0.05, 0.1) is 6.04 Å². The van der Waals surface area contributed by atoms with Gasteiger partial charge in [0.15, 0.2) is 0 Å². The zero-order chi connectivity index (χ0) is 12.3. The van der Waals surface area contributed by atoms with Crippen molar-refractivity contribution in [2.45, 2.75) is 26.3 Å². The molecule has 0 aliphatic rings. The zero-order valence-corrected chi connectivity index (χ0v) is 10.2. The maximum absolute atomic E-state index is 6.14. The van der Waals surface area contributed by atoms with Crippen LogP contribution in [-0.2, 0) is 6.42 Å². The third-order valence-electron chi connectivity index (χ3n) is 2.99. The van der Waals surface area contributed by atoms with E-state index in [9.17, 15) is 0 Å². The fraction of sp³-hybridized carbons (Fsp3) is 0.286.